The zero-order valence-corrected chi connectivity index (χ0v) is 14.1. The van der Waals surface area contributed by atoms with Crippen LogP contribution in [0.3, 0.4) is 0 Å². The monoisotopic (exact) mass is 343 g/mol. The summed E-state index contributed by atoms with van der Waals surface area (Å²) in [7, 11) is 0. The predicted molar refractivity (Wildman–Crippen MR) is 97.3 cm³/mol. The van der Waals surface area contributed by atoms with Crippen LogP contribution in [0.25, 0.3) is 0 Å². The number of rotatable bonds is 4. The lowest BCUT2D eigenvalue weighted by atomic mass is 10.0. The Balaban J connectivity index is 2.04. The number of nitro groups is 1. The minimum absolute atomic E-state index is 0.00207. The molecule has 0 fully saturated rings. The van der Waals surface area contributed by atoms with E-state index in [4.69, 9.17) is 12.2 Å². The lowest BCUT2D eigenvalue weighted by Gasteiger charge is -2.10. The molecule has 0 aromatic heterocycles. The second-order valence-corrected chi connectivity index (χ2v) is 5.87. The number of hydrogen-bond acceptors (Lipinski definition) is 4. The topological polar surface area (TPSA) is 84.3 Å². The molecule has 0 aliphatic rings. The van der Waals surface area contributed by atoms with Crippen molar-refractivity contribution in [1.29, 1.82) is 0 Å². The molecule has 0 bridgehead atoms. The van der Waals surface area contributed by atoms with E-state index < -0.39 is 4.92 Å². The molecule has 0 saturated carbocycles. The average Bonchev–Trinajstić information content (AvgIpc) is 2.55. The number of thiocarbonyl (C=S) groups is 1. The fourth-order valence-electron chi connectivity index (χ4n) is 2.09. The van der Waals surface area contributed by atoms with Crippen LogP contribution in [0.15, 0.2) is 48.5 Å². The summed E-state index contributed by atoms with van der Waals surface area (Å²) in [6, 6.07) is 13.3. The Bertz CT molecular complexity index is 773. The van der Waals surface area contributed by atoms with Gasteiger partial charge in [0.15, 0.2) is 5.11 Å². The fraction of sp³-hybridized carbons (Fsp3) is 0.176. The number of amides is 1. The maximum atomic E-state index is 12.2. The van der Waals surface area contributed by atoms with Gasteiger partial charge in [-0.3, -0.25) is 20.2 Å². The van der Waals surface area contributed by atoms with E-state index in [0.29, 0.717) is 11.5 Å². The number of carbonyl (C=O) groups excluding carboxylic acids is 1. The molecule has 0 aliphatic heterocycles. The maximum Gasteiger partial charge on any atom is 0.292 e. The molecule has 0 aliphatic carbocycles. The van der Waals surface area contributed by atoms with Crippen molar-refractivity contribution in [3.8, 4) is 0 Å². The van der Waals surface area contributed by atoms with E-state index in [0.717, 1.165) is 5.56 Å². The first-order valence-electron chi connectivity index (χ1n) is 7.34. The molecule has 6 nitrogen and oxygen atoms in total. The first-order chi connectivity index (χ1) is 11.4. The van der Waals surface area contributed by atoms with Crippen LogP contribution >= 0.6 is 12.2 Å². The van der Waals surface area contributed by atoms with E-state index in [2.05, 4.69) is 24.5 Å². The van der Waals surface area contributed by atoms with Crippen LogP contribution in [0.4, 0.5) is 11.4 Å². The molecule has 0 saturated heterocycles. The molecular formula is C17H17N3O3S. The van der Waals surface area contributed by atoms with Crippen molar-refractivity contribution >= 4 is 34.6 Å². The van der Waals surface area contributed by atoms with Crippen molar-refractivity contribution in [2.45, 2.75) is 19.8 Å². The summed E-state index contributed by atoms with van der Waals surface area (Å²) in [6.45, 7) is 4.14. The molecule has 0 radical (unpaired) electrons. The van der Waals surface area contributed by atoms with Crippen molar-refractivity contribution in [2.24, 2.45) is 0 Å². The van der Waals surface area contributed by atoms with Gasteiger partial charge >= 0.3 is 0 Å². The number of anilines is 1. The van der Waals surface area contributed by atoms with Crippen LogP contribution in [-0.4, -0.2) is 15.9 Å². The third kappa shape index (κ3) is 4.36. The Labute approximate surface area is 145 Å². The van der Waals surface area contributed by atoms with Crippen molar-refractivity contribution in [1.82, 2.24) is 5.32 Å². The van der Waals surface area contributed by atoms with Gasteiger partial charge in [0.05, 0.1) is 4.92 Å². The Morgan fingerprint density at radius 1 is 1.12 bits per heavy atom. The van der Waals surface area contributed by atoms with E-state index in [9.17, 15) is 14.9 Å². The maximum absolute atomic E-state index is 12.2. The van der Waals surface area contributed by atoms with E-state index >= 15 is 0 Å². The van der Waals surface area contributed by atoms with E-state index in [1.54, 1.807) is 24.3 Å². The fourth-order valence-corrected chi connectivity index (χ4v) is 2.29. The summed E-state index contributed by atoms with van der Waals surface area (Å²) in [5.41, 5.74) is 1.71. The molecule has 2 N–H and O–H groups in total. The molecule has 0 spiro atoms. The number of hydrogen-bond donors (Lipinski definition) is 2. The highest BCUT2D eigenvalue weighted by Gasteiger charge is 2.15. The SMILES string of the molecule is CC(C)c1ccc(C(=O)NC(=S)Nc2ccccc2[N+](=O)[O-])cc1. The summed E-state index contributed by atoms with van der Waals surface area (Å²) in [5.74, 6) is 0.00451. The van der Waals surface area contributed by atoms with E-state index in [1.165, 1.54) is 12.1 Å². The second kappa shape index (κ2) is 7.65. The number of nitrogens with one attached hydrogen (secondary N) is 2. The largest absolute Gasteiger partial charge is 0.327 e. The molecule has 7 heteroatoms. The number of benzene rings is 2. The van der Waals surface area contributed by atoms with Gasteiger partial charge in [-0.25, -0.2) is 0 Å². The number of nitrogens with zero attached hydrogens (tertiary/aromatic N) is 1. The average molecular weight is 343 g/mol. The summed E-state index contributed by atoms with van der Waals surface area (Å²) >= 11 is 5.06. The third-order valence-corrected chi connectivity index (χ3v) is 3.62. The number of para-hydroxylation sites is 2. The summed E-state index contributed by atoms with van der Waals surface area (Å²) in [5, 5.41) is 16.2. The second-order valence-electron chi connectivity index (χ2n) is 5.46. The van der Waals surface area contributed by atoms with E-state index in [-0.39, 0.29) is 22.4 Å². The molecule has 0 heterocycles. The molecule has 2 rings (SSSR count). The van der Waals surface area contributed by atoms with Gasteiger partial charge in [-0.15, -0.1) is 0 Å². The van der Waals surface area contributed by atoms with Crippen molar-refractivity contribution in [2.75, 3.05) is 5.32 Å². The van der Waals surface area contributed by atoms with Crippen LogP contribution in [0.5, 0.6) is 0 Å². The zero-order chi connectivity index (χ0) is 17.7. The molecule has 24 heavy (non-hydrogen) atoms. The molecule has 1 amide bonds. The Hall–Kier alpha value is -2.80. The normalized spacial score (nSPS) is 10.3. The first-order valence-corrected chi connectivity index (χ1v) is 7.75. The quantitative estimate of drug-likeness (QED) is 0.500. The van der Waals surface area contributed by atoms with Crippen molar-refractivity contribution < 1.29 is 9.72 Å². The zero-order valence-electron chi connectivity index (χ0n) is 13.3. The van der Waals surface area contributed by atoms with Gasteiger partial charge in [0.25, 0.3) is 11.6 Å². The van der Waals surface area contributed by atoms with Crippen molar-refractivity contribution in [3.63, 3.8) is 0 Å². The van der Waals surface area contributed by atoms with Gasteiger partial charge in [-0.2, -0.15) is 0 Å². The highest BCUT2D eigenvalue weighted by molar-refractivity contribution is 7.80. The van der Waals surface area contributed by atoms with Gasteiger partial charge in [0.2, 0.25) is 0 Å². The highest BCUT2D eigenvalue weighted by Crippen LogP contribution is 2.23. The molecular weight excluding hydrogens is 326 g/mol. The van der Waals surface area contributed by atoms with Crippen LogP contribution in [0, 0.1) is 10.1 Å². The van der Waals surface area contributed by atoms with Crippen LogP contribution < -0.4 is 10.6 Å². The minimum atomic E-state index is -0.516. The van der Waals surface area contributed by atoms with Gasteiger partial charge in [-0.05, 0) is 41.9 Å². The summed E-state index contributed by atoms with van der Waals surface area (Å²) in [4.78, 5) is 22.6. The molecule has 0 unspecified atom stereocenters. The molecule has 2 aromatic rings. The van der Waals surface area contributed by atoms with Crippen molar-refractivity contribution in [3.05, 3.63) is 69.8 Å². The summed E-state index contributed by atoms with van der Waals surface area (Å²) < 4.78 is 0. The van der Waals surface area contributed by atoms with Gasteiger partial charge in [-0.1, -0.05) is 38.1 Å². The molecule has 124 valence electrons. The molecule has 0 atom stereocenters. The lowest BCUT2D eigenvalue weighted by molar-refractivity contribution is -0.383. The van der Waals surface area contributed by atoms with Crippen LogP contribution in [0.2, 0.25) is 0 Å². The Morgan fingerprint density at radius 3 is 2.33 bits per heavy atom. The van der Waals surface area contributed by atoms with Gasteiger partial charge in [0.1, 0.15) is 5.69 Å². The van der Waals surface area contributed by atoms with Crippen LogP contribution in [0.1, 0.15) is 35.7 Å². The van der Waals surface area contributed by atoms with Gasteiger partial charge < -0.3 is 5.32 Å². The predicted octanol–water partition coefficient (Wildman–Crippen LogP) is 3.85. The third-order valence-electron chi connectivity index (χ3n) is 3.42. The smallest absolute Gasteiger partial charge is 0.292 e. The highest BCUT2D eigenvalue weighted by atomic mass is 32.1. The van der Waals surface area contributed by atoms with Crippen LogP contribution in [-0.2, 0) is 0 Å². The number of nitro benzene ring substituents is 1. The Morgan fingerprint density at radius 2 is 1.75 bits per heavy atom. The van der Waals surface area contributed by atoms with E-state index in [1.807, 2.05) is 12.1 Å². The minimum Gasteiger partial charge on any atom is -0.327 e. The van der Waals surface area contributed by atoms with Gasteiger partial charge in [0, 0.05) is 11.6 Å². The first kappa shape index (κ1) is 17.6. The molecule has 2 aromatic carbocycles. The Kier molecular flexibility index (Phi) is 5.59. The summed E-state index contributed by atoms with van der Waals surface area (Å²) in [6.07, 6.45) is 0. The lowest BCUT2D eigenvalue weighted by Crippen LogP contribution is -2.34. The number of carbonyl (C=O) groups is 1. The standard InChI is InChI=1S/C17H17N3O3S/c1-11(2)12-7-9-13(10-8-12)16(21)19-17(24)18-14-5-3-4-6-15(14)20(22)23/h3-11H,1-2H3,(H2,18,19,21,24).